The number of aromatic amines is 1. The highest BCUT2D eigenvalue weighted by Gasteiger charge is 2.26. The van der Waals surface area contributed by atoms with Gasteiger partial charge in [-0.05, 0) is 47.9 Å². The summed E-state index contributed by atoms with van der Waals surface area (Å²) in [5.74, 6) is 2.13. The number of morpholine rings is 1. The molecular weight excluding hydrogens is 509 g/mol. The summed E-state index contributed by atoms with van der Waals surface area (Å²) >= 11 is 0. The minimum absolute atomic E-state index is 0.130. The summed E-state index contributed by atoms with van der Waals surface area (Å²) in [6.45, 7) is 7.48. The number of aryl methyl sites for hydroxylation is 1. The van der Waals surface area contributed by atoms with E-state index in [9.17, 15) is 4.79 Å². The van der Waals surface area contributed by atoms with Gasteiger partial charge in [0.05, 0.1) is 25.8 Å². The van der Waals surface area contributed by atoms with Gasteiger partial charge in [-0.25, -0.2) is 9.37 Å². The Bertz CT molecular complexity index is 1520. The van der Waals surface area contributed by atoms with Gasteiger partial charge in [0, 0.05) is 50.2 Å². The summed E-state index contributed by atoms with van der Waals surface area (Å²) in [6.07, 6.45) is 0.537. The second kappa shape index (κ2) is 11.2. The highest BCUT2D eigenvalue weighted by molar-refractivity contribution is 6.04. The smallest absolute Gasteiger partial charge is 0.270 e. The molecule has 1 amide bonds. The average Bonchev–Trinajstić information content (AvgIpc) is 3.48. The lowest BCUT2D eigenvalue weighted by Crippen LogP contribution is -2.49. The number of H-pyrrole nitrogens is 1. The van der Waals surface area contributed by atoms with Crippen molar-refractivity contribution in [2.24, 2.45) is 0 Å². The second-order valence-corrected chi connectivity index (χ2v) is 10.2. The highest BCUT2D eigenvalue weighted by atomic mass is 19.1. The zero-order valence-corrected chi connectivity index (χ0v) is 23.0. The molecule has 0 unspecified atom stereocenters. The van der Waals surface area contributed by atoms with E-state index in [1.165, 1.54) is 0 Å². The quantitative estimate of drug-likeness (QED) is 0.379. The van der Waals surface area contributed by atoms with E-state index in [0.29, 0.717) is 73.7 Å². The number of aromatic nitrogens is 2. The predicted octanol–water partition coefficient (Wildman–Crippen LogP) is 4.74. The maximum absolute atomic E-state index is 15.5. The van der Waals surface area contributed by atoms with Crippen molar-refractivity contribution in [2.75, 3.05) is 69.4 Å². The molecule has 0 aliphatic carbocycles. The number of benzene rings is 2. The maximum Gasteiger partial charge on any atom is 0.270 e. The summed E-state index contributed by atoms with van der Waals surface area (Å²) < 4.78 is 26.5. The number of methoxy groups -OCH3 is 1. The first kappa shape index (κ1) is 26.1. The van der Waals surface area contributed by atoms with Crippen LogP contribution in [-0.2, 0) is 11.2 Å². The summed E-state index contributed by atoms with van der Waals surface area (Å²) in [7, 11) is 1.63. The number of hydrogen-bond acceptors (Lipinski definition) is 6. The van der Waals surface area contributed by atoms with Gasteiger partial charge >= 0.3 is 0 Å². The molecule has 4 heterocycles. The Labute approximate surface area is 233 Å². The molecule has 8 nitrogen and oxygen atoms in total. The number of carbonyl (C=O) groups excluding carboxylic acids is 1. The van der Waals surface area contributed by atoms with Crippen LogP contribution in [0.3, 0.4) is 0 Å². The van der Waals surface area contributed by atoms with Crippen LogP contribution in [-0.4, -0.2) is 80.4 Å². The zero-order valence-electron chi connectivity index (χ0n) is 23.0. The van der Waals surface area contributed by atoms with Crippen molar-refractivity contribution in [3.63, 3.8) is 0 Å². The SMILES string of the molecule is CCc1cc(-c2ccccc2OC)c2cc(C(=O)N3CCN(c4cccc(N5CCOCC5)n4)CC3)[nH]c2c1F. The molecule has 2 aromatic heterocycles. The number of anilines is 2. The van der Waals surface area contributed by atoms with Crippen molar-refractivity contribution in [1.82, 2.24) is 14.9 Å². The monoisotopic (exact) mass is 543 g/mol. The molecule has 2 saturated heterocycles. The molecule has 0 saturated carbocycles. The summed E-state index contributed by atoms with van der Waals surface area (Å²) in [5.41, 5.74) is 3.04. The minimum Gasteiger partial charge on any atom is -0.496 e. The van der Waals surface area contributed by atoms with Gasteiger partial charge in [-0.1, -0.05) is 31.2 Å². The van der Waals surface area contributed by atoms with Gasteiger partial charge in [0.1, 0.15) is 28.9 Å². The number of amides is 1. The molecule has 2 fully saturated rings. The van der Waals surface area contributed by atoms with Crippen LogP contribution in [0.4, 0.5) is 16.0 Å². The number of nitrogens with one attached hydrogen (secondary N) is 1. The molecule has 0 bridgehead atoms. The van der Waals surface area contributed by atoms with Crippen LogP contribution in [0.15, 0.2) is 54.6 Å². The van der Waals surface area contributed by atoms with Crippen molar-refractivity contribution >= 4 is 28.4 Å². The van der Waals surface area contributed by atoms with Crippen molar-refractivity contribution < 1.29 is 18.7 Å². The van der Waals surface area contributed by atoms with Gasteiger partial charge in [-0.2, -0.15) is 0 Å². The van der Waals surface area contributed by atoms with Gasteiger partial charge in [-0.3, -0.25) is 4.79 Å². The Morgan fingerprint density at radius 3 is 2.35 bits per heavy atom. The number of fused-ring (bicyclic) bond motifs is 1. The first-order chi connectivity index (χ1) is 19.6. The van der Waals surface area contributed by atoms with Crippen LogP contribution < -0.4 is 14.5 Å². The molecule has 208 valence electrons. The van der Waals surface area contributed by atoms with E-state index < -0.39 is 0 Å². The number of para-hydroxylation sites is 1. The lowest BCUT2D eigenvalue weighted by Gasteiger charge is -2.36. The lowest BCUT2D eigenvalue weighted by molar-refractivity contribution is 0.0741. The van der Waals surface area contributed by atoms with E-state index in [0.717, 1.165) is 35.9 Å². The summed E-state index contributed by atoms with van der Waals surface area (Å²) in [5, 5.41) is 0.672. The topological polar surface area (TPSA) is 73.9 Å². The van der Waals surface area contributed by atoms with Crippen LogP contribution >= 0.6 is 0 Å². The first-order valence-electron chi connectivity index (χ1n) is 13.9. The number of hydrogen-bond donors (Lipinski definition) is 1. The first-order valence-corrected chi connectivity index (χ1v) is 13.9. The van der Waals surface area contributed by atoms with E-state index in [4.69, 9.17) is 14.5 Å². The molecular formula is C31H34FN5O3. The Balaban J connectivity index is 1.23. The lowest BCUT2D eigenvalue weighted by atomic mass is 9.96. The molecule has 9 heteroatoms. The zero-order chi connectivity index (χ0) is 27.6. The summed E-state index contributed by atoms with van der Waals surface area (Å²) in [6, 6.07) is 17.4. The largest absolute Gasteiger partial charge is 0.496 e. The summed E-state index contributed by atoms with van der Waals surface area (Å²) in [4.78, 5) is 27.9. The van der Waals surface area contributed by atoms with Crippen molar-refractivity contribution in [3.8, 4) is 16.9 Å². The van der Waals surface area contributed by atoms with Crippen LogP contribution in [0.2, 0.25) is 0 Å². The number of pyridine rings is 1. The molecule has 40 heavy (non-hydrogen) atoms. The van der Waals surface area contributed by atoms with E-state index >= 15 is 4.39 Å². The van der Waals surface area contributed by atoms with Crippen LogP contribution in [0.1, 0.15) is 23.0 Å². The minimum atomic E-state index is -0.314. The molecule has 2 aromatic carbocycles. The van der Waals surface area contributed by atoms with E-state index in [-0.39, 0.29) is 11.7 Å². The Morgan fingerprint density at radius 1 is 0.950 bits per heavy atom. The fraction of sp³-hybridized carbons (Fsp3) is 0.355. The second-order valence-electron chi connectivity index (χ2n) is 10.2. The van der Waals surface area contributed by atoms with Gasteiger partial charge in [0.25, 0.3) is 5.91 Å². The molecule has 1 N–H and O–H groups in total. The number of carbonyl (C=O) groups is 1. The van der Waals surface area contributed by atoms with E-state index in [1.54, 1.807) is 13.2 Å². The fourth-order valence-electron chi connectivity index (χ4n) is 5.64. The van der Waals surface area contributed by atoms with Crippen molar-refractivity contribution in [2.45, 2.75) is 13.3 Å². The molecule has 4 aromatic rings. The Kier molecular flexibility index (Phi) is 7.30. The van der Waals surface area contributed by atoms with E-state index in [2.05, 4.69) is 14.8 Å². The number of nitrogens with zero attached hydrogens (tertiary/aromatic N) is 4. The normalized spacial score (nSPS) is 16.0. The predicted molar refractivity (Wildman–Crippen MR) is 155 cm³/mol. The number of halogens is 1. The average molecular weight is 544 g/mol. The molecule has 2 aliphatic rings. The van der Waals surface area contributed by atoms with E-state index in [1.807, 2.05) is 60.4 Å². The van der Waals surface area contributed by atoms with Crippen molar-refractivity contribution in [1.29, 1.82) is 0 Å². The Morgan fingerprint density at radius 2 is 1.65 bits per heavy atom. The molecule has 0 atom stereocenters. The number of piperazine rings is 1. The fourth-order valence-corrected chi connectivity index (χ4v) is 5.64. The highest BCUT2D eigenvalue weighted by Crippen LogP contribution is 2.38. The molecule has 6 rings (SSSR count). The number of ether oxygens (including phenoxy) is 2. The third-order valence-electron chi connectivity index (χ3n) is 7.88. The van der Waals surface area contributed by atoms with Crippen LogP contribution in [0.5, 0.6) is 5.75 Å². The maximum atomic E-state index is 15.5. The van der Waals surface area contributed by atoms with Gasteiger partial charge in [-0.15, -0.1) is 0 Å². The molecule has 2 aliphatic heterocycles. The van der Waals surface area contributed by atoms with Gasteiger partial charge < -0.3 is 29.2 Å². The Hall–Kier alpha value is -4.11. The third-order valence-corrected chi connectivity index (χ3v) is 7.88. The third kappa shape index (κ3) is 4.86. The van der Waals surface area contributed by atoms with Crippen LogP contribution in [0, 0.1) is 5.82 Å². The van der Waals surface area contributed by atoms with Crippen molar-refractivity contribution in [3.05, 3.63) is 71.7 Å². The van der Waals surface area contributed by atoms with Gasteiger partial charge in [0.2, 0.25) is 0 Å². The van der Waals surface area contributed by atoms with Crippen LogP contribution in [0.25, 0.3) is 22.0 Å². The molecule has 0 radical (unpaired) electrons. The standard InChI is InChI=1S/C31H34FN5O3/c1-3-21-19-23(22-7-4-5-8-26(22)39-2)24-20-25(33-30(24)29(21)32)31(38)37-13-11-35(12-14-37)27-9-6-10-28(34-27)36-15-17-40-18-16-36/h4-10,19-20,33H,3,11-18H2,1-2H3. The number of rotatable bonds is 6. The van der Waals surface area contributed by atoms with Gasteiger partial charge in [0.15, 0.2) is 0 Å². The molecule has 0 spiro atoms.